The van der Waals surface area contributed by atoms with Gasteiger partial charge in [-0.15, -0.1) is 11.3 Å². The first-order valence-electron chi connectivity index (χ1n) is 19.2. The number of imide groups is 2. The van der Waals surface area contributed by atoms with Crippen LogP contribution >= 0.6 is 22.9 Å². The zero-order valence-corrected chi connectivity index (χ0v) is 32.3. The van der Waals surface area contributed by atoms with Gasteiger partial charge in [-0.1, -0.05) is 17.7 Å². The quantitative estimate of drug-likeness (QED) is 0.253. The van der Waals surface area contributed by atoms with Crippen LogP contribution < -0.4 is 15.1 Å². The molecule has 1 spiro atoms. The van der Waals surface area contributed by atoms with Crippen LogP contribution in [0.15, 0.2) is 42.5 Å². The molecule has 6 aliphatic heterocycles. The first-order valence-corrected chi connectivity index (χ1v) is 20.4. The molecular formula is C41H42ClN7O5S. The number of rotatable bonds is 5. The Balaban J connectivity index is 0.774. The Kier molecular flexibility index (Phi) is 8.98. The molecule has 0 aliphatic carbocycles. The van der Waals surface area contributed by atoms with Crippen LogP contribution in [-0.4, -0.2) is 95.1 Å². The van der Waals surface area contributed by atoms with Crippen molar-refractivity contribution < 1.29 is 24.0 Å². The summed E-state index contributed by atoms with van der Waals surface area (Å²) in [4.78, 5) is 79.0. The van der Waals surface area contributed by atoms with Crippen molar-refractivity contribution in [2.75, 3.05) is 42.5 Å². The van der Waals surface area contributed by atoms with Gasteiger partial charge in [0.2, 0.25) is 17.5 Å². The number of amides is 5. The standard InChI is InChI=1S/C41H42ClN7O5S/c1-24-20-41(23-48(24)28-3-4-32(43-2)31(42)19-28)11-15-45(16-12-41)36-8-6-34(55-36)40(54)46-13-9-27(10-14-46)47-21-25-17-29-30(18-26(25)22-47)39(53)49(38(29)52)33-5-7-35(50)44-37(33)51/h3-4,6,8,17-19,24,27,33H,5,7,9-16,20-23H2,1H3,(H,44,50,51)/t24-,33?/m0/s1. The zero-order chi connectivity index (χ0) is 38.2. The highest BCUT2D eigenvalue weighted by atomic mass is 35.5. The highest BCUT2D eigenvalue weighted by Gasteiger charge is 2.47. The summed E-state index contributed by atoms with van der Waals surface area (Å²) in [5.41, 5.74) is 4.47. The van der Waals surface area contributed by atoms with Gasteiger partial charge in [0.25, 0.3) is 17.7 Å². The molecule has 2 aromatic carbocycles. The molecule has 3 aromatic rings. The molecule has 1 unspecified atom stereocenters. The molecule has 4 saturated heterocycles. The van der Waals surface area contributed by atoms with Crippen LogP contribution in [0.3, 0.4) is 0 Å². The Labute approximate surface area is 328 Å². The van der Waals surface area contributed by atoms with Crippen LogP contribution in [0.5, 0.6) is 0 Å². The summed E-state index contributed by atoms with van der Waals surface area (Å²) in [6.07, 6.45) is 5.23. The summed E-state index contributed by atoms with van der Waals surface area (Å²) in [6, 6.07) is 13.2. The number of carbonyl (C=O) groups excluding carboxylic acids is 5. The van der Waals surface area contributed by atoms with Crippen molar-refractivity contribution in [3.8, 4) is 0 Å². The van der Waals surface area contributed by atoms with Gasteiger partial charge in [-0.25, -0.2) is 4.85 Å². The average molecular weight is 780 g/mol. The Bertz CT molecular complexity index is 2140. The Morgan fingerprint density at radius 1 is 0.927 bits per heavy atom. The third kappa shape index (κ3) is 6.28. The molecule has 9 rings (SSSR count). The van der Waals surface area contributed by atoms with Crippen LogP contribution in [0, 0.1) is 12.0 Å². The minimum atomic E-state index is -0.973. The summed E-state index contributed by atoms with van der Waals surface area (Å²) in [5, 5.41) is 3.90. The molecule has 5 amide bonds. The highest BCUT2D eigenvalue weighted by molar-refractivity contribution is 7.18. The maximum atomic E-state index is 13.7. The van der Waals surface area contributed by atoms with Gasteiger partial charge < -0.3 is 14.7 Å². The third-order valence-electron chi connectivity index (χ3n) is 12.9. The predicted molar refractivity (Wildman–Crippen MR) is 209 cm³/mol. The van der Waals surface area contributed by atoms with Gasteiger partial charge >= 0.3 is 0 Å². The van der Waals surface area contributed by atoms with Crippen LogP contribution in [0.4, 0.5) is 16.4 Å². The van der Waals surface area contributed by atoms with Crippen molar-refractivity contribution in [1.82, 2.24) is 20.0 Å². The molecule has 0 radical (unpaired) electrons. The van der Waals surface area contributed by atoms with E-state index in [1.807, 2.05) is 41.3 Å². The minimum absolute atomic E-state index is 0.0880. The van der Waals surface area contributed by atoms with Gasteiger partial charge in [0.05, 0.1) is 27.6 Å². The number of nitrogens with zero attached hydrogens (tertiary/aromatic N) is 6. The van der Waals surface area contributed by atoms with Crippen molar-refractivity contribution in [3.63, 3.8) is 0 Å². The molecular weight excluding hydrogens is 738 g/mol. The fourth-order valence-corrected chi connectivity index (χ4v) is 11.1. The van der Waals surface area contributed by atoms with Crippen molar-refractivity contribution >= 4 is 68.8 Å². The van der Waals surface area contributed by atoms with E-state index in [2.05, 4.69) is 37.9 Å². The summed E-state index contributed by atoms with van der Waals surface area (Å²) < 4.78 is 0. The van der Waals surface area contributed by atoms with Crippen LogP contribution in [-0.2, 0) is 22.7 Å². The largest absolute Gasteiger partial charge is 0.368 e. The molecule has 55 heavy (non-hydrogen) atoms. The van der Waals surface area contributed by atoms with Crippen molar-refractivity contribution in [2.45, 2.75) is 83.1 Å². The van der Waals surface area contributed by atoms with E-state index in [0.717, 1.165) is 83.3 Å². The normalized spacial score (nSPS) is 24.1. The number of halogens is 1. The molecule has 284 valence electrons. The molecule has 1 N–H and O–H groups in total. The van der Waals surface area contributed by atoms with E-state index in [-0.39, 0.29) is 30.2 Å². The summed E-state index contributed by atoms with van der Waals surface area (Å²) in [6.45, 7) is 15.2. The van der Waals surface area contributed by atoms with Crippen LogP contribution in [0.1, 0.15) is 93.4 Å². The molecule has 1 aromatic heterocycles. The number of nitrogens with one attached hydrogen (secondary N) is 1. The van der Waals surface area contributed by atoms with E-state index in [0.29, 0.717) is 54.1 Å². The monoisotopic (exact) mass is 779 g/mol. The van der Waals surface area contributed by atoms with Gasteiger partial charge in [-0.05, 0) is 98.4 Å². The average Bonchev–Trinajstić information content (AvgIpc) is 3.96. The summed E-state index contributed by atoms with van der Waals surface area (Å²) >= 11 is 7.98. The van der Waals surface area contributed by atoms with E-state index >= 15 is 0 Å². The Hall–Kier alpha value is -4.77. The predicted octanol–water partition coefficient (Wildman–Crippen LogP) is 5.86. The number of anilines is 2. The maximum Gasteiger partial charge on any atom is 0.263 e. The molecule has 14 heteroatoms. The smallest absolute Gasteiger partial charge is 0.263 e. The molecule has 4 fully saturated rings. The summed E-state index contributed by atoms with van der Waals surface area (Å²) in [7, 11) is 0. The second kappa shape index (κ2) is 13.8. The van der Waals surface area contributed by atoms with Crippen molar-refractivity contribution in [1.29, 1.82) is 0 Å². The fourth-order valence-electron chi connectivity index (χ4n) is 9.85. The lowest BCUT2D eigenvalue weighted by atomic mass is 9.77. The number of hydrogen-bond donors (Lipinski definition) is 1. The van der Waals surface area contributed by atoms with Crippen molar-refractivity contribution in [2.24, 2.45) is 5.41 Å². The molecule has 0 saturated carbocycles. The maximum absolute atomic E-state index is 13.7. The molecule has 12 nitrogen and oxygen atoms in total. The zero-order valence-electron chi connectivity index (χ0n) is 30.7. The molecule has 6 aliphatic rings. The van der Waals surface area contributed by atoms with E-state index in [9.17, 15) is 24.0 Å². The molecule has 2 atom stereocenters. The number of fused-ring (bicyclic) bond motifs is 2. The van der Waals surface area contributed by atoms with E-state index in [1.165, 1.54) is 0 Å². The second-order valence-corrected chi connectivity index (χ2v) is 17.6. The molecule has 0 bridgehead atoms. The molecule has 7 heterocycles. The van der Waals surface area contributed by atoms with E-state index in [1.54, 1.807) is 11.3 Å². The van der Waals surface area contributed by atoms with Gasteiger partial charge in [-0.3, -0.25) is 39.1 Å². The lowest BCUT2D eigenvalue weighted by molar-refractivity contribution is -0.136. The summed E-state index contributed by atoms with van der Waals surface area (Å²) in [5.74, 6) is -1.87. The first-order chi connectivity index (χ1) is 26.5. The Morgan fingerprint density at radius 2 is 1.62 bits per heavy atom. The minimum Gasteiger partial charge on any atom is -0.368 e. The number of likely N-dealkylation sites (tertiary alicyclic amines) is 1. The number of carbonyl (C=O) groups is 5. The number of thiophene rings is 1. The Morgan fingerprint density at radius 3 is 2.25 bits per heavy atom. The second-order valence-electron chi connectivity index (χ2n) is 16.1. The number of benzene rings is 2. The van der Waals surface area contributed by atoms with Crippen LogP contribution in [0.2, 0.25) is 5.02 Å². The number of piperidine rings is 3. The van der Waals surface area contributed by atoms with Crippen LogP contribution in [0.25, 0.3) is 4.85 Å². The van der Waals surface area contributed by atoms with Gasteiger partial charge in [-0.2, -0.15) is 0 Å². The highest BCUT2D eigenvalue weighted by Crippen LogP contribution is 2.47. The topological polar surface area (TPSA) is 118 Å². The van der Waals surface area contributed by atoms with E-state index < -0.39 is 29.7 Å². The first kappa shape index (κ1) is 35.9. The lowest BCUT2D eigenvalue weighted by Crippen LogP contribution is -2.54. The third-order valence-corrected chi connectivity index (χ3v) is 14.3. The lowest BCUT2D eigenvalue weighted by Gasteiger charge is -2.40. The van der Waals surface area contributed by atoms with Gasteiger partial charge in [0.15, 0.2) is 0 Å². The number of hydrogen-bond acceptors (Lipinski definition) is 9. The SMILES string of the molecule is [C-]#[N+]c1ccc(N2CC3(CCN(c4ccc(C(=O)N5CCC(N6Cc7cc8c(cc7C6)C(=O)N(C6CCC(=O)NC6=O)C8=O)CC5)s4)CC3)C[C@@H]2C)cc1Cl. The van der Waals surface area contributed by atoms with Gasteiger partial charge in [0.1, 0.15) is 6.04 Å². The fraction of sp³-hybridized carbons (Fsp3) is 0.463. The van der Waals surface area contributed by atoms with Gasteiger partial charge in [0, 0.05) is 75.0 Å². The van der Waals surface area contributed by atoms with Crippen molar-refractivity contribution in [3.05, 3.63) is 86.0 Å². The van der Waals surface area contributed by atoms with E-state index in [4.69, 9.17) is 18.2 Å².